The number of amides is 2. The van der Waals surface area contributed by atoms with E-state index in [-0.39, 0.29) is 25.2 Å². The van der Waals surface area contributed by atoms with Crippen molar-refractivity contribution in [1.29, 1.82) is 0 Å². The fourth-order valence-corrected chi connectivity index (χ4v) is 2.17. The molecule has 0 unspecified atom stereocenters. The molecular weight excluding hydrogens is 336 g/mol. The Balaban J connectivity index is 5.18. The van der Waals surface area contributed by atoms with Gasteiger partial charge in [0.15, 0.2) is 0 Å². The van der Waals surface area contributed by atoms with E-state index >= 15 is 0 Å². The van der Waals surface area contributed by atoms with Gasteiger partial charge in [-0.15, -0.1) is 0 Å². The maximum Gasteiger partial charge on any atom is 0.328 e. The van der Waals surface area contributed by atoms with Crippen molar-refractivity contribution in [3.8, 4) is 0 Å². The van der Waals surface area contributed by atoms with Crippen molar-refractivity contribution in [3.63, 3.8) is 0 Å². The zero-order valence-electron chi connectivity index (χ0n) is 14.8. The van der Waals surface area contributed by atoms with E-state index in [0.717, 1.165) is 7.11 Å². The lowest BCUT2D eigenvalue weighted by Crippen LogP contribution is -2.50. The standard InChI is InChI=1S/C15H26N2O8/c1-8(2)7-9(12(19)14(21)17-23)13(20)16-10(15(22)25-4)5-6-11(18)24-3/h8-10,12,19,23H,5-7H2,1-4H3,(H,16,20)(H,17,21)/t9-,10+,12+/m1/s1. The number of ether oxygens (including phenoxy) is 2. The fourth-order valence-electron chi connectivity index (χ4n) is 2.17. The topological polar surface area (TPSA) is 151 Å². The number of carbonyl (C=O) groups excluding carboxylic acids is 4. The first-order valence-electron chi connectivity index (χ1n) is 7.74. The molecule has 144 valence electrons. The summed E-state index contributed by atoms with van der Waals surface area (Å²) in [6, 6.07) is -1.14. The molecular formula is C15H26N2O8. The number of esters is 2. The first-order valence-corrected chi connectivity index (χ1v) is 7.74. The number of rotatable bonds is 10. The number of hydrogen-bond acceptors (Lipinski definition) is 8. The summed E-state index contributed by atoms with van der Waals surface area (Å²) in [5.74, 6) is -4.50. The molecule has 0 bridgehead atoms. The number of aliphatic hydroxyl groups excluding tert-OH is 1. The fraction of sp³-hybridized carbons (Fsp3) is 0.733. The molecule has 0 aromatic rings. The Labute approximate surface area is 145 Å². The van der Waals surface area contributed by atoms with Gasteiger partial charge < -0.3 is 19.9 Å². The van der Waals surface area contributed by atoms with Gasteiger partial charge in [-0.05, 0) is 18.8 Å². The van der Waals surface area contributed by atoms with Crippen LogP contribution in [-0.4, -0.2) is 60.4 Å². The molecule has 0 radical (unpaired) electrons. The molecule has 3 atom stereocenters. The first kappa shape index (κ1) is 22.8. The monoisotopic (exact) mass is 362 g/mol. The SMILES string of the molecule is COC(=O)CC[C@H](NC(=O)[C@H](CC(C)C)[C@H](O)C(=O)NO)C(=O)OC. The molecule has 0 aliphatic heterocycles. The van der Waals surface area contributed by atoms with E-state index in [4.69, 9.17) is 5.21 Å². The predicted molar refractivity (Wildman–Crippen MR) is 84.1 cm³/mol. The zero-order valence-corrected chi connectivity index (χ0v) is 14.8. The van der Waals surface area contributed by atoms with Crippen LogP contribution in [0.25, 0.3) is 0 Å². The van der Waals surface area contributed by atoms with Gasteiger partial charge in [0.25, 0.3) is 5.91 Å². The van der Waals surface area contributed by atoms with E-state index in [1.165, 1.54) is 12.6 Å². The highest BCUT2D eigenvalue weighted by Gasteiger charge is 2.35. The maximum atomic E-state index is 12.4. The van der Waals surface area contributed by atoms with Crippen LogP contribution in [0.1, 0.15) is 33.1 Å². The van der Waals surface area contributed by atoms with Crippen LogP contribution in [0.15, 0.2) is 0 Å². The summed E-state index contributed by atoms with van der Waals surface area (Å²) in [5, 5.41) is 20.9. The van der Waals surface area contributed by atoms with E-state index in [9.17, 15) is 24.3 Å². The lowest BCUT2D eigenvalue weighted by atomic mass is 9.90. The van der Waals surface area contributed by atoms with E-state index in [1.807, 2.05) is 0 Å². The minimum atomic E-state index is -1.80. The van der Waals surface area contributed by atoms with Crippen LogP contribution in [0.3, 0.4) is 0 Å². The Morgan fingerprint density at radius 1 is 1.04 bits per heavy atom. The van der Waals surface area contributed by atoms with Crippen LogP contribution in [0.5, 0.6) is 0 Å². The van der Waals surface area contributed by atoms with Crippen LogP contribution in [0, 0.1) is 11.8 Å². The van der Waals surface area contributed by atoms with Gasteiger partial charge in [-0.3, -0.25) is 19.6 Å². The van der Waals surface area contributed by atoms with Crippen LogP contribution in [-0.2, 0) is 28.7 Å². The van der Waals surface area contributed by atoms with Crippen molar-refractivity contribution in [3.05, 3.63) is 0 Å². The molecule has 4 N–H and O–H groups in total. The molecule has 2 amide bonds. The van der Waals surface area contributed by atoms with Gasteiger partial charge in [0.1, 0.15) is 12.1 Å². The number of aliphatic hydroxyl groups is 1. The molecule has 0 aliphatic rings. The van der Waals surface area contributed by atoms with Crippen LogP contribution in [0.4, 0.5) is 0 Å². The largest absolute Gasteiger partial charge is 0.469 e. The molecule has 0 rings (SSSR count). The minimum absolute atomic E-state index is 0.0523. The van der Waals surface area contributed by atoms with Gasteiger partial charge in [0.05, 0.1) is 20.1 Å². The summed E-state index contributed by atoms with van der Waals surface area (Å²) in [6.45, 7) is 3.55. The Bertz CT molecular complexity index is 480. The lowest BCUT2D eigenvalue weighted by Gasteiger charge is -2.25. The first-order chi connectivity index (χ1) is 11.7. The highest BCUT2D eigenvalue weighted by molar-refractivity contribution is 5.91. The number of carbonyl (C=O) groups is 4. The van der Waals surface area contributed by atoms with Crippen molar-refractivity contribution in [2.75, 3.05) is 14.2 Å². The Hall–Kier alpha value is -2.20. The third-order valence-corrected chi connectivity index (χ3v) is 3.49. The summed E-state index contributed by atoms with van der Waals surface area (Å²) in [6.07, 6.45) is -1.87. The van der Waals surface area contributed by atoms with E-state index in [2.05, 4.69) is 14.8 Å². The summed E-state index contributed by atoms with van der Waals surface area (Å²) < 4.78 is 9.06. The average Bonchev–Trinajstić information content (AvgIpc) is 2.60. The third kappa shape index (κ3) is 7.94. The van der Waals surface area contributed by atoms with E-state index in [0.29, 0.717) is 0 Å². The van der Waals surface area contributed by atoms with Crippen molar-refractivity contribution >= 4 is 23.8 Å². The lowest BCUT2D eigenvalue weighted by molar-refractivity contribution is -0.150. The molecule has 0 aromatic heterocycles. The quantitative estimate of drug-likeness (QED) is 0.222. The van der Waals surface area contributed by atoms with Crippen molar-refractivity contribution in [2.24, 2.45) is 11.8 Å². The Morgan fingerprint density at radius 3 is 2.08 bits per heavy atom. The van der Waals surface area contributed by atoms with Gasteiger partial charge in [-0.25, -0.2) is 10.3 Å². The number of hydroxylamine groups is 1. The maximum absolute atomic E-state index is 12.4. The molecule has 0 saturated carbocycles. The van der Waals surface area contributed by atoms with E-state index in [1.54, 1.807) is 13.8 Å². The van der Waals surface area contributed by atoms with Crippen molar-refractivity contribution in [1.82, 2.24) is 10.8 Å². The van der Waals surface area contributed by atoms with Gasteiger partial charge in [0.2, 0.25) is 5.91 Å². The minimum Gasteiger partial charge on any atom is -0.469 e. The van der Waals surface area contributed by atoms with Crippen LogP contribution < -0.4 is 10.8 Å². The average molecular weight is 362 g/mol. The number of hydrogen-bond donors (Lipinski definition) is 4. The molecule has 10 heteroatoms. The normalized spacial score (nSPS) is 14.2. The summed E-state index contributed by atoms with van der Waals surface area (Å²) in [5.41, 5.74) is 1.29. The highest BCUT2D eigenvalue weighted by Crippen LogP contribution is 2.17. The molecule has 0 heterocycles. The molecule has 10 nitrogen and oxygen atoms in total. The Kier molecular flexibility index (Phi) is 10.4. The molecule has 0 aromatic carbocycles. The smallest absolute Gasteiger partial charge is 0.328 e. The predicted octanol–water partition coefficient (Wildman–Crippen LogP) is -0.874. The summed E-state index contributed by atoms with van der Waals surface area (Å²) in [4.78, 5) is 46.9. The van der Waals surface area contributed by atoms with Crippen LogP contribution >= 0.6 is 0 Å². The molecule has 0 fully saturated rings. The van der Waals surface area contributed by atoms with Gasteiger partial charge in [-0.2, -0.15) is 0 Å². The highest BCUT2D eigenvalue weighted by atomic mass is 16.5. The Morgan fingerprint density at radius 2 is 1.64 bits per heavy atom. The third-order valence-electron chi connectivity index (χ3n) is 3.49. The molecule has 0 aliphatic carbocycles. The summed E-state index contributed by atoms with van der Waals surface area (Å²) in [7, 11) is 2.32. The molecule has 0 spiro atoms. The second kappa shape index (κ2) is 11.4. The second-order valence-electron chi connectivity index (χ2n) is 5.86. The number of nitrogens with one attached hydrogen (secondary N) is 2. The van der Waals surface area contributed by atoms with Gasteiger partial charge >= 0.3 is 11.9 Å². The second-order valence-corrected chi connectivity index (χ2v) is 5.86. The van der Waals surface area contributed by atoms with E-state index < -0.39 is 41.8 Å². The van der Waals surface area contributed by atoms with Gasteiger partial charge in [0, 0.05) is 6.42 Å². The molecule has 25 heavy (non-hydrogen) atoms. The number of methoxy groups -OCH3 is 2. The summed E-state index contributed by atoms with van der Waals surface area (Å²) >= 11 is 0. The van der Waals surface area contributed by atoms with Gasteiger partial charge in [-0.1, -0.05) is 13.8 Å². The zero-order chi connectivity index (χ0) is 19.6. The molecule has 0 saturated heterocycles. The van der Waals surface area contributed by atoms with Crippen LogP contribution in [0.2, 0.25) is 0 Å². The van der Waals surface area contributed by atoms with Crippen molar-refractivity contribution in [2.45, 2.75) is 45.3 Å². The van der Waals surface area contributed by atoms with Crippen molar-refractivity contribution < 1.29 is 39.0 Å².